The van der Waals surface area contributed by atoms with Crippen LogP contribution in [0.5, 0.6) is 0 Å². The minimum Gasteiger partial charge on any atom is -0.419 e. The van der Waals surface area contributed by atoms with Gasteiger partial charge < -0.3 is 8.94 Å². The van der Waals surface area contributed by atoms with Crippen LogP contribution in [0.3, 0.4) is 0 Å². The zero-order valence-electron chi connectivity index (χ0n) is 16.1. The zero-order chi connectivity index (χ0) is 21.4. The Hall–Kier alpha value is -3.50. The van der Waals surface area contributed by atoms with Gasteiger partial charge in [0.2, 0.25) is 5.89 Å². The Morgan fingerprint density at radius 2 is 1.94 bits per heavy atom. The van der Waals surface area contributed by atoms with Gasteiger partial charge in [0.15, 0.2) is 0 Å². The SMILES string of the molecule is Cc1onc(-c2ccccc2)c1-c1nnc(CN2C(=O)S/C(=C\c3cccs3)C2=O)o1. The van der Waals surface area contributed by atoms with Gasteiger partial charge in [-0.1, -0.05) is 41.6 Å². The highest BCUT2D eigenvalue weighted by atomic mass is 32.2. The number of aromatic nitrogens is 3. The smallest absolute Gasteiger partial charge is 0.294 e. The van der Waals surface area contributed by atoms with Gasteiger partial charge >= 0.3 is 0 Å². The minimum atomic E-state index is -0.380. The molecule has 0 unspecified atom stereocenters. The summed E-state index contributed by atoms with van der Waals surface area (Å²) in [5.74, 6) is 0.511. The van der Waals surface area contributed by atoms with E-state index in [0.29, 0.717) is 21.9 Å². The van der Waals surface area contributed by atoms with E-state index in [1.54, 1.807) is 13.0 Å². The lowest BCUT2D eigenvalue weighted by atomic mass is 10.1. The van der Waals surface area contributed by atoms with Crippen LogP contribution in [0.4, 0.5) is 4.79 Å². The second-order valence-electron chi connectivity index (χ2n) is 6.61. The Morgan fingerprint density at radius 3 is 2.71 bits per heavy atom. The van der Waals surface area contributed by atoms with Gasteiger partial charge in [0, 0.05) is 10.4 Å². The number of nitrogens with zero attached hydrogens (tertiary/aromatic N) is 4. The third kappa shape index (κ3) is 3.71. The molecule has 0 aliphatic carbocycles. The van der Waals surface area contributed by atoms with Crippen LogP contribution in [0.2, 0.25) is 0 Å². The number of hydrogen-bond donors (Lipinski definition) is 0. The molecule has 8 nitrogen and oxygen atoms in total. The maximum atomic E-state index is 12.7. The van der Waals surface area contributed by atoms with Crippen LogP contribution in [0.15, 0.2) is 61.7 Å². The Labute approximate surface area is 184 Å². The van der Waals surface area contributed by atoms with Crippen molar-refractivity contribution in [1.82, 2.24) is 20.3 Å². The van der Waals surface area contributed by atoms with Crippen molar-refractivity contribution in [3.63, 3.8) is 0 Å². The number of amides is 2. The molecule has 3 aromatic heterocycles. The van der Waals surface area contributed by atoms with Crippen molar-refractivity contribution in [3.05, 3.63) is 69.3 Å². The highest BCUT2D eigenvalue weighted by molar-refractivity contribution is 8.18. The number of rotatable bonds is 5. The second-order valence-corrected chi connectivity index (χ2v) is 8.59. The van der Waals surface area contributed by atoms with E-state index in [1.165, 1.54) is 11.3 Å². The van der Waals surface area contributed by atoms with Crippen molar-refractivity contribution in [2.24, 2.45) is 0 Å². The lowest BCUT2D eigenvalue weighted by molar-refractivity contribution is -0.123. The Morgan fingerprint density at radius 1 is 1.10 bits per heavy atom. The predicted octanol–water partition coefficient (Wildman–Crippen LogP) is 5.00. The summed E-state index contributed by atoms with van der Waals surface area (Å²) in [6.45, 7) is 1.65. The van der Waals surface area contributed by atoms with Crippen molar-refractivity contribution in [1.29, 1.82) is 0 Å². The zero-order valence-corrected chi connectivity index (χ0v) is 17.8. The first kappa shape index (κ1) is 19.5. The molecule has 1 fully saturated rings. The molecule has 154 valence electrons. The molecule has 2 amide bonds. The van der Waals surface area contributed by atoms with E-state index in [0.717, 1.165) is 27.1 Å². The number of carbonyl (C=O) groups is 2. The van der Waals surface area contributed by atoms with Crippen LogP contribution in [-0.2, 0) is 11.3 Å². The van der Waals surface area contributed by atoms with Gasteiger partial charge in [-0.25, -0.2) is 0 Å². The Bertz CT molecular complexity index is 1290. The van der Waals surface area contributed by atoms with E-state index in [4.69, 9.17) is 8.94 Å². The molecular weight excluding hydrogens is 436 g/mol. The number of aryl methyl sites for hydroxylation is 1. The van der Waals surface area contributed by atoms with Gasteiger partial charge in [0.05, 0.1) is 4.91 Å². The molecule has 10 heteroatoms. The first-order chi connectivity index (χ1) is 15.1. The predicted molar refractivity (Wildman–Crippen MR) is 116 cm³/mol. The summed E-state index contributed by atoms with van der Waals surface area (Å²) >= 11 is 2.39. The van der Waals surface area contributed by atoms with Gasteiger partial charge in [-0.3, -0.25) is 14.5 Å². The summed E-state index contributed by atoms with van der Waals surface area (Å²) in [6.07, 6.45) is 1.71. The number of hydrogen-bond acceptors (Lipinski definition) is 9. The first-order valence-electron chi connectivity index (χ1n) is 9.23. The normalized spacial score (nSPS) is 15.4. The maximum absolute atomic E-state index is 12.7. The van der Waals surface area contributed by atoms with Crippen LogP contribution >= 0.6 is 23.1 Å². The van der Waals surface area contributed by atoms with Crippen LogP contribution in [-0.4, -0.2) is 31.4 Å². The Kier molecular flexibility index (Phi) is 5.00. The van der Waals surface area contributed by atoms with Crippen LogP contribution in [0.1, 0.15) is 16.5 Å². The summed E-state index contributed by atoms with van der Waals surface area (Å²) in [5.41, 5.74) is 2.01. The number of benzene rings is 1. The van der Waals surface area contributed by atoms with Crippen molar-refractivity contribution in [3.8, 4) is 22.7 Å². The van der Waals surface area contributed by atoms with E-state index >= 15 is 0 Å². The van der Waals surface area contributed by atoms with Crippen LogP contribution < -0.4 is 0 Å². The van der Waals surface area contributed by atoms with Gasteiger partial charge in [-0.05, 0) is 36.2 Å². The van der Waals surface area contributed by atoms with E-state index in [9.17, 15) is 9.59 Å². The Balaban J connectivity index is 1.40. The highest BCUT2D eigenvalue weighted by Crippen LogP contribution is 2.36. The van der Waals surface area contributed by atoms with Crippen molar-refractivity contribution < 1.29 is 18.5 Å². The topological polar surface area (TPSA) is 102 Å². The molecule has 1 aromatic carbocycles. The molecule has 0 saturated carbocycles. The summed E-state index contributed by atoms with van der Waals surface area (Å²) in [4.78, 5) is 27.4. The van der Waals surface area contributed by atoms with E-state index in [-0.39, 0.29) is 29.5 Å². The maximum Gasteiger partial charge on any atom is 0.294 e. The standard InChI is InChI=1S/C21H14N4O4S2/c1-12-17(18(24-29-12)13-6-3-2-4-7-13)19-23-22-16(28-19)11-25-20(26)15(31-21(25)27)10-14-8-5-9-30-14/h2-10H,11H2,1H3/b15-10-. The molecule has 1 saturated heterocycles. The highest BCUT2D eigenvalue weighted by Gasteiger charge is 2.36. The molecule has 0 N–H and O–H groups in total. The average Bonchev–Trinajstić information content (AvgIpc) is 3.55. The number of thiophene rings is 1. The molecule has 0 spiro atoms. The molecular formula is C21H14N4O4S2. The summed E-state index contributed by atoms with van der Waals surface area (Å²) in [5, 5.41) is 13.8. The lowest BCUT2D eigenvalue weighted by Gasteiger charge is -2.08. The number of imide groups is 1. The van der Waals surface area contributed by atoms with Crippen molar-refractivity contribution in [2.45, 2.75) is 13.5 Å². The summed E-state index contributed by atoms with van der Waals surface area (Å²) in [7, 11) is 0. The molecule has 4 aromatic rings. The molecule has 5 rings (SSSR count). The number of carbonyl (C=O) groups excluding carboxylic acids is 2. The fourth-order valence-corrected chi connectivity index (χ4v) is 4.67. The fraction of sp³-hybridized carbons (Fsp3) is 0.0952. The van der Waals surface area contributed by atoms with E-state index in [1.807, 2.05) is 47.8 Å². The van der Waals surface area contributed by atoms with Crippen molar-refractivity contribution >= 4 is 40.3 Å². The van der Waals surface area contributed by atoms with Crippen molar-refractivity contribution in [2.75, 3.05) is 0 Å². The average molecular weight is 451 g/mol. The first-order valence-corrected chi connectivity index (χ1v) is 10.9. The number of thioether (sulfide) groups is 1. The molecule has 1 aliphatic heterocycles. The summed E-state index contributed by atoms with van der Waals surface area (Å²) < 4.78 is 11.1. The molecule has 31 heavy (non-hydrogen) atoms. The van der Waals surface area contributed by atoms with Crippen LogP contribution in [0.25, 0.3) is 28.8 Å². The largest absolute Gasteiger partial charge is 0.419 e. The third-order valence-corrected chi connectivity index (χ3v) is 6.30. The van der Waals surface area contributed by atoms with E-state index < -0.39 is 0 Å². The second kappa shape index (κ2) is 7.97. The molecule has 4 heterocycles. The van der Waals surface area contributed by atoms with Gasteiger partial charge in [-0.2, -0.15) is 0 Å². The van der Waals surface area contributed by atoms with Crippen LogP contribution in [0, 0.1) is 6.92 Å². The quantitative estimate of drug-likeness (QED) is 0.392. The fourth-order valence-electron chi connectivity index (χ4n) is 3.11. The lowest BCUT2D eigenvalue weighted by Crippen LogP contribution is -2.27. The van der Waals surface area contributed by atoms with Gasteiger partial charge in [0.25, 0.3) is 17.0 Å². The third-order valence-electron chi connectivity index (χ3n) is 4.57. The van der Waals surface area contributed by atoms with Gasteiger partial charge in [0.1, 0.15) is 23.6 Å². The monoisotopic (exact) mass is 450 g/mol. The minimum absolute atomic E-state index is 0.107. The molecule has 1 aliphatic rings. The summed E-state index contributed by atoms with van der Waals surface area (Å²) in [6, 6.07) is 13.3. The molecule has 0 atom stereocenters. The molecule has 0 radical (unpaired) electrons. The van der Waals surface area contributed by atoms with Gasteiger partial charge in [-0.15, -0.1) is 21.5 Å². The molecule has 0 bridgehead atoms. The van der Waals surface area contributed by atoms with E-state index in [2.05, 4.69) is 15.4 Å².